The Morgan fingerprint density at radius 2 is 1.96 bits per heavy atom. The third kappa shape index (κ3) is 3.71. The van der Waals surface area contributed by atoms with Crippen LogP contribution in [0, 0.1) is 17.7 Å². The minimum atomic E-state index is -1.03. The summed E-state index contributed by atoms with van der Waals surface area (Å²) in [5.41, 5.74) is -0.480. The summed E-state index contributed by atoms with van der Waals surface area (Å²) in [6.45, 7) is 3.77. The molecule has 27 heavy (non-hydrogen) atoms. The number of imide groups is 1. The van der Waals surface area contributed by atoms with Crippen LogP contribution in [0.1, 0.15) is 38.7 Å². The number of carbonyl (C=O) groups excluding carboxylic acids is 2. The molecule has 0 radical (unpaired) electrons. The van der Waals surface area contributed by atoms with Gasteiger partial charge in [-0.25, -0.2) is 9.18 Å². The average Bonchev–Trinajstić information content (AvgIpc) is 2.87. The topological polar surface area (TPSA) is 78.9 Å². The molecule has 1 spiro atoms. The van der Waals surface area contributed by atoms with Gasteiger partial charge in [-0.2, -0.15) is 0 Å². The molecule has 1 aromatic carbocycles. The molecule has 3 amide bonds. The van der Waals surface area contributed by atoms with Crippen LogP contribution in [0.5, 0.6) is 0 Å². The van der Waals surface area contributed by atoms with E-state index in [-0.39, 0.29) is 43.3 Å². The van der Waals surface area contributed by atoms with Gasteiger partial charge in [-0.3, -0.25) is 9.69 Å². The van der Waals surface area contributed by atoms with Crippen molar-refractivity contribution in [2.45, 2.75) is 51.4 Å². The average molecular weight is 378 g/mol. The molecule has 2 fully saturated rings. The van der Waals surface area contributed by atoms with Gasteiger partial charge in [0.1, 0.15) is 11.4 Å². The number of aliphatic hydroxyl groups excluding tert-OH is 1. The lowest BCUT2D eigenvalue weighted by atomic mass is 9.67. The smallest absolute Gasteiger partial charge is 0.325 e. The minimum absolute atomic E-state index is 0.0158. The Kier molecular flexibility index (Phi) is 5.81. The second-order valence-electron chi connectivity index (χ2n) is 7.71. The van der Waals surface area contributed by atoms with E-state index in [1.807, 2.05) is 13.8 Å². The summed E-state index contributed by atoms with van der Waals surface area (Å²) < 4.78 is 18.9. The van der Waals surface area contributed by atoms with E-state index in [0.29, 0.717) is 5.56 Å². The van der Waals surface area contributed by atoms with Crippen LogP contribution in [0.4, 0.5) is 9.18 Å². The van der Waals surface area contributed by atoms with Crippen LogP contribution in [0.15, 0.2) is 24.3 Å². The van der Waals surface area contributed by atoms with Crippen molar-refractivity contribution in [3.05, 3.63) is 35.6 Å². The molecular weight excluding hydrogens is 351 g/mol. The molecule has 1 aliphatic carbocycles. The summed E-state index contributed by atoms with van der Waals surface area (Å²) in [6, 6.07) is 5.78. The quantitative estimate of drug-likeness (QED) is 0.746. The number of ether oxygens (including phenoxy) is 1. The zero-order valence-electron chi connectivity index (χ0n) is 15.8. The van der Waals surface area contributed by atoms with Gasteiger partial charge in [0.15, 0.2) is 0 Å². The minimum Gasteiger partial charge on any atom is -0.389 e. The van der Waals surface area contributed by atoms with E-state index < -0.39 is 17.7 Å². The van der Waals surface area contributed by atoms with Crippen LogP contribution in [0.25, 0.3) is 0 Å². The van der Waals surface area contributed by atoms with Gasteiger partial charge < -0.3 is 15.2 Å². The van der Waals surface area contributed by atoms with Gasteiger partial charge in [0.2, 0.25) is 0 Å². The van der Waals surface area contributed by atoms with E-state index in [2.05, 4.69) is 5.32 Å². The summed E-state index contributed by atoms with van der Waals surface area (Å²) in [5.74, 6) is -0.530. The molecule has 148 valence electrons. The lowest BCUT2D eigenvalue weighted by Crippen LogP contribution is -2.59. The highest BCUT2D eigenvalue weighted by Crippen LogP contribution is 2.42. The highest BCUT2D eigenvalue weighted by Gasteiger charge is 2.58. The number of carbonyl (C=O) groups is 2. The third-order valence-electron chi connectivity index (χ3n) is 5.91. The van der Waals surface area contributed by atoms with Crippen molar-refractivity contribution in [3.8, 4) is 0 Å². The van der Waals surface area contributed by atoms with E-state index in [4.69, 9.17) is 4.74 Å². The molecule has 2 aliphatic rings. The van der Waals surface area contributed by atoms with Gasteiger partial charge >= 0.3 is 6.03 Å². The Bertz CT molecular complexity index is 701. The molecule has 1 saturated carbocycles. The number of hydrogen-bond acceptors (Lipinski definition) is 4. The van der Waals surface area contributed by atoms with Gasteiger partial charge in [0.25, 0.3) is 5.91 Å². The summed E-state index contributed by atoms with van der Waals surface area (Å²) >= 11 is 0. The van der Waals surface area contributed by atoms with Gasteiger partial charge in [0, 0.05) is 5.56 Å². The summed E-state index contributed by atoms with van der Waals surface area (Å²) in [5, 5.41) is 13.1. The second-order valence-corrected chi connectivity index (χ2v) is 7.71. The molecule has 1 heterocycles. The van der Waals surface area contributed by atoms with Crippen LogP contribution >= 0.6 is 0 Å². The number of nitrogens with zero attached hydrogens (tertiary/aromatic N) is 1. The van der Waals surface area contributed by atoms with E-state index in [9.17, 15) is 19.1 Å². The molecule has 0 bridgehead atoms. The van der Waals surface area contributed by atoms with Gasteiger partial charge in [-0.1, -0.05) is 38.5 Å². The van der Waals surface area contributed by atoms with Crippen molar-refractivity contribution in [2.24, 2.45) is 11.8 Å². The highest BCUT2D eigenvalue weighted by atomic mass is 19.1. The molecule has 2 N–H and O–H groups in total. The van der Waals surface area contributed by atoms with Crippen molar-refractivity contribution in [2.75, 3.05) is 13.2 Å². The first-order valence-corrected chi connectivity index (χ1v) is 9.49. The van der Waals surface area contributed by atoms with Crippen LogP contribution < -0.4 is 5.32 Å². The Hall–Kier alpha value is -1.99. The number of benzene rings is 1. The van der Waals surface area contributed by atoms with E-state index >= 15 is 0 Å². The maximum absolute atomic E-state index is 13.6. The Labute approximate surface area is 158 Å². The van der Waals surface area contributed by atoms with Gasteiger partial charge in [-0.15, -0.1) is 0 Å². The van der Waals surface area contributed by atoms with Gasteiger partial charge in [-0.05, 0) is 30.7 Å². The number of amides is 3. The highest BCUT2D eigenvalue weighted by molar-refractivity contribution is 6.07. The predicted octanol–water partition coefficient (Wildman–Crippen LogP) is 2.45. The third-order valence-corrected chi connectivity index (χ3v) is 5.91. The van der Waals surface area contributed by atoms with E-state index in [1.54, 1.807) is 18.2 Å². The van der Waals surface area contributed by atoms with Crippen molar-refractivity contribution in [1.82, 2.24) is 10.2 Å². The number of nitrogens with one attached hydrogen (secondary N) is 1. The fraction of sp³-hybridized carbons (Fsp3) is 0.600. The van der Waals surface area contributed by atoms with Crippen LogP contribution in [-0.2, 0) is 16.1 Å². The molecule has 0 aromatic heterocycles. The first-order chi connectivity index (χ1) is 12.9. The van der Waals surface area contributed by atoms with Crippen LogP contribution in [-0.4, -0.2) is 46.7 Å². The van der Waals surface area contributed by atoms with Crippen LogP contribution in [0.2, 0.25) is 0 Å². The largest absolute Gasteiger partial charge is 0.389 e. The zero-order chi connectivity index (χ0) is 19.6. The van der Waals surface area contributed by atoms with Crippen molar-refractivity contribution in [3.63, 3.8) is 0 Å². The van der Waals surface area contributed by atoms with Crippen molar-refractivity contribution >= 4 is 11.9 Å². The lowest BCUT2D eigenvalue weighted by Gasteiger charge is -2.42. The summed E-state index contributed by atoms with van der Waals surface area (Å²) in [4.78, 5) is 26.5. The Morgan fingerprint density at radius 3 is 2.63 bits per heavy atom. The molecule has 3 atom stereocenters. The number of rotatable bonds is 6. The molecule has 3 unspecified atom stereocenters. The lowest BCUT2D eigenvalue weighted by molar-refractivity contribution is -0.137. The number of aliphatic hydroxyl groups is 1. The first-order valence-electron chi connectivity index (χ1n) is 9.49. The fourth-order valence-corrected chi connectivity index (χ4v) is 4.30. The normalized spacial score (nSPS) is 29.3. The maximum Gasteiger partial charge on any atom is 0.325 e. The van der Waals surface area contributed by atoms with Crippen molar-refractivity contribution in [1.29, 1.82) is 0 Å². The zero-order valence-corrected chi connectivity index (χ0v) is 15.8. The van der Waals surface area contributed by atoms with E-state index in [1.165, 1.54) is 6.07 Å². The molecule has 6 nitrogen and oxygen atoms in total. The number of hydrogen-bond donors (Lipinski definition) is 2. The number of halogens is 1. The molecule has 7 heteroatoms. The van der Waals surface area contributed by atoms with E-state index in [0.717, 1.165) is 24.2 Å². The number of β-amino-alcohol motifs (C(OH)–C–C–N with tert-alkyl or cyclic N) is 1. The molecular formula is C20H27FN2O4. The standard InChI is InChI=1S/C20H27FN2O4/c1-13-6-5-7-14(2)20(13)18(25)23(19(26)22-20)10-16(24)12-27-11-15-8-3-4-9-17(15)21/h3-4,8-9,13-14,16,24H,5-7,10-12H2,1-2H3,(H,22,26). The fourth-order valence-electron chi connectivity index (χ4n) is 4.30. The second kappa shape index (κ2) is 7.94. The van der Waals surface area contributed by atoms with Crippen LogP contribution in [0.3, 0.4) is 0 Å². The Balaban J connectivity index is 1.58. The molecule has 1 aliphatic heterocycles. The molecule has 1 aromatic rings. The molecule has 1 saturated heterocycles. The predicted molar refractivity (Wildman–Crippen MR) is 97.2 cm³/mol. The summed E-state index contributed by atoms with van der Waals surface area (Å²) in [6.07, 6.45) is 1.78. The van der Waals surface area contributed by atoms with Crippen molar-refractivity contribution < 1.29 is 23.8 Å². The first kappa shape index (κ1) is 19.8. The van der Waals surface area contributed by atoms with Gasteiger partial charge in [0.05, 0.1) is 25.9 Å². The summed E-state index contributed by atoms with van der Waals surface area (Å²) in [7, 11) is 0. The monoisotopic (exact) mass is 378 g/mol. The molecule has 3 rings (SSSR count). The maximum atomic E-state index is 13.6. The SMILES string of the molecule is CC1CCCC(C)C12NC(=O)N(CC(O)COCc1ccccc1F)C2=O. The Morgan fingerprint density at radius 1 is 1.30 bits per heavy atom. The number of urea groups is 1.